The van der Waals surface area contributed by atoms with Crippen LogP contribution in [-0.2, 0) is 26.4 Å². The lowest BCUT2D eigenvalue weighted by Gasteiger charge is -2.15. The summed E-state index contributed by atoms with van der Waals surface area (Å²) in [7, 11) is -6.06. The first kappa shape index (κ1) is 17.1. The van der Waals surface area contributed by atoms with E-state index in [4.69, 9.17) is 5.73 Å². The Balaban J connectivity index is 2.80. The van der Waals surface area contributed by atoms with Gasteiger partial charge >= 0.3 is 0 Å². The van der Waals surface area contributed by atoms with Crippen LogP contribution in [0, 0.1) is 11.8 Å². The molecule has 6 nitrogen and oxygen atoms in total. The molecule has 0 fully saturated rings. The molecule has 0 saturated carbocycles. The van der Waals surface area contributed by atoms with Crippen molar-refractivity contribution in [1.82, 2.24) is 4.31 Å². The summed E-state index contributed by atoms with van der Waals surface area (Å²) in [4.78, 5) is 0.783. The van der Waals surface area contributed by atoms with Gasteiger partial charge in [0.15, 0.2) is 14.9 Å². The molecule has 0 saturated heterocycles. The highest BCUT2D eigenvalue weighted by Crippen LogP contribution is 2.17. The molecule has 1 aromatic rings. The molecule has 9 heteroatoms. The molecule has 1 rings (SSSR count). The van der Waals surface area contributed by atoms with E-state index in [0.29, 0.717) is 0 Å². The molecular weight excluding hydrogens is 320 g/mol. The van der Waals surface area contributed by atoms with Gasteiger partial charge in [0.25, 0.3) is 0 Å². The fourth-order valence-corrected chi connectivity index (χ4v) is 5.53. The maximum atomic E-state index is 11.8. The van der Waals surface area contributed by atoms with Crippen LogP contribution in [0.5, 0.6) is 0 Å². The number of sulfonamides is 1. The number of rotatable bonds is 5. The van der Waals surface area contributed by atoms with Crippen molar-refractivity contribution in [2.75, 3.05) is 24.9 Å². The minimum absolute atomic E-state index is 0.118. The van der Waals surface area contributed by atoms with Gasteiger partial charge in [-0.05, 0) is 6.07 Å². The molecule has 112 valence electrons. The van der Waals surface area contributed by atoms with Crippen molar-refractivity contribution < 1.29 is 16.8 Å². The molecule has 0 amide bonds. The van der Waals surface area contributed by atoms with Crippen LogP contribution in [-0.4, -0.2) is 46.1 Å². The summed E-state index contributed by atoms with van der Waals surface area (Å²) >= 11 is 1.36. The minimum Gasteiger partial charge on any atom is -0.320 e. The maximum Gasteiger partial charge on any atom is 0.228 e. The Kier molecular flexibility index (Phi) is 5.73. The molecule has 20 heavy (non-hydrogen) atoms. The van der Waals surface area contributed by atoms with Gasteiger partial charge in [0.1, 0.15) is 0 Å². The third kappa shape index (κ3) is 5.60. The van der Waals surface area contributed by atoms with E-state index in [9.17, 15) is 16.8 Å². The molecule has 0 aliphatic rings. The van der Waals surface area contributed by atoms with E-state index in [-0.39, 0.29) is 13.1 Å². The number of nitrogens with zero attached hydrogens (tertiary/aromatic N) is 1. The highest BCUT2D eigenvalue weighted by Gasteiger charge is 2.23. The Bertz CT molecular complexity index is 723. The van der Waals surface area contributed by atoms with E-state index in [1.165, 1.54) is 18.4 Å². The SMILES string of the molecule is CN(Cc1cc(C#CCN)cs1)S(=O)(=O)CS(C)(=O)=O. The van der Waals surface area contributed by atoms with Crippen LogP contribution in [0.3, 0.4) is 0 Å². The predicted molar refractivity (Wildman–Crippen MR) is 80.3 cm³/mol. The summed E-state index contributed by atoms with van der Waals surface area (Å²) in [5.74, 6) is 5.55. The first-order valence-corrected chi connectivity index (χ1v) is 10.1. The summed E-state index contributed by atoms with van der Waals surface area (Å²) in [6.45, 7) is 0.376. The third-order valence-electron chi connectivity index (χ3n) is 2.20. The van der Waals surface area contributed by atoms with Crippen LogP contribution in [0.15, 0.2) is 11.4 Å². The van der Waals surface area contributed by atoms with Crippen molar-refractivity contribution >= 4 is 31.2 Å². The smallest absolute Gasteiger partial charge is 0.228 e. The van der Waals surface area contributed by atoms with E-state index >= 15 is 0 Å². The fourth-order valence-electron chi connectivity index (χ4n) is 1.36. The van der Waals surface area contributed by atoms with E-state index in [1.807, 2.05) is 0 Å². The van der Waals surface area contributed by atoms with Crippen LogP contribution in [0.1, 0.15) is 10.4 Å². The van der Waals surface area contributed by atoms with Crippen LogP contribution in [0.2, 0.25) is 0 Å². The topological polar surface area (TPSA) is 97.5 Å². The van der Waals surface area contributed by atoms with Crippen molar-refractivity contribution in [3.05, 3.63) is 21.9 Å². The molecule has 0 aromatic carbocycles. The van der Waals surface area contributed by atoms with Crippen LogP contribution >= 0.6 is 11.3 Å². The molecule has 1 heterocycles. The number of thiophene rings is 1. The zero-order valence-electron chi connectivity index (χ0n) is 11.2. The van der Waals surface area contributed by atoms with Crippen molar-refractivity contribution in [3.63, 3.8) is 0 Å². The molecular formula is C11H16N2O4S3. The van der Waals surface area contributed by atoms with Crippen LogP contribution < -0.4 is 5.73 Å². The maximum absolute atomic E-state index is 11.8. The van der Waals surface area contributed by atoms with Gasteiger partial charge in [0, 0.05) is 35.7 Å². The highest BCUT2D eigenvalue weighted by molar-refractivity contribution is 8.06. The highest BCUT2D eigenvalue weighted by atomic mass is 32.3. The number of sulfone groups is 1. The summed E-state index contributed by atoms with van der Waals surface area (Å²) in [5, 5.41) is 0.913. The van der Waals surface area contributed by atoms with Crippen LogP contribution in [0.4, 0.5) is 0 Å². The second-order valence-electron chi connectivity index (χ2n) is 4.22. The molecule has 0 unspecified atom stereocenters. The van der Waals surface area contributed by atoms with Gasteiger partial charge < -0.3 is 5.73 Å². The van der Waals surface area contributed by atoms with E-state index in [1.54, 1.807) is 11.4 Å². The Morgan fingerprint density at radius 2 is 2.00 bits per heavy atom. The number of hydrogen-bond acceptors (Lipinski definition) is 6. The van der Waals surface area contributed by atoms with Gasteiger partial charge in [-0.15, -0.1) is 11.3 Å². The molecule has 1 aromatic heterocycles. The van der Waals surface area contributed by atoms with Gasteiger partial charge in [0.2, 0.25) is 10.0 Å². The summed E-state index contributed by atoms with van der Waals surface area (Å²) < 4.78 is 46.9. The Morgan fingerprint density at radius 3 is 2.55 bits per heavy atom. The lowest BCUT2D eigenvalue weighted by molar-refractivity contribution is 0.473. The average molecular weight is 336 g/mol. The van der Waals surface area contributed by atoms with Crippen molar-refractivity contribution in [3.8, 4) is 11.8 Å². The normalized spacial score (nSPS) is 12.2. The summed E-state index contributed by atoms with van der Waals surface area (Å²) in [6.07, 6.45) is 0.893. The molecule has 0 radical (unpaired) electrons. The van der Waals surface area contributed by atoms with Crippen LogP contribution in [0.25, 0.3) is 0 Å². The van der Waals surface area contributed by atoms with Gasteiger partial charge in [0.05, 0.1) is 6.54 Å². The molecule has 2 N–H and O–H groups in total. The number of hydrogen-bond donors (Lipinski definition) is 1. The van der Waals surface area contributed by atoms with E-state index in [0.717, 1.165) is 21.0 Å². The van der Waals surface area contributed by atoms with Crippen molar-refractivity contribution in [2.24, 2.45) is 5.73 Å². The van der Waals surface area contributed by atoms with Gasteiger partial charge in [-0.3, -0.25) is 0 Å². The van der Waals surface area contributed by atoms with Crippen molar-refractivity contribution in [2.45, 2.75) is 6.54 Å². The second kappa shape index (κ2) is 6.69. The molecule has 0 atom stereocenters. The second-order valence-corrected chi connectivity index (χ2v) is 9.80. The standard InChI is InChI=1S/C11H16N2O4S3/c1-13(20(16,17)9-19(2,14)15)7-11-6-10(8-18-11)4-3-5-12/h6,8H,5,7,9,12H2,1-2H3. The van der Waals surface area contributed by atoms with E-state index < -0.39 is 24.9 Å². The lowest BCUT2D eigenvalue weighted by Crippen LogP contribution is -2.31. The third-order valence-corrected chi connectivity index (χ3v) is 7.11. The quantitative estimate of drug-likeness (QED) is 0.753. The minimum atomic E-state index is -3.83. The zero-order chi connectivity index (χ0) is 15.4. The number of nitrogens with two attached hydrogens (primary N) is 1. The Hall–Kier alpha value is -0.920. The lowest BCUT2D eigenvalue weighted by atomic mass is 10.3. The predicted octanol–water partition coefficient (Wildman–Crippen LogP) is -0.178. The molecule has 0 spiro atoms. The van der Waals surface area contributed by atoms with E-state index in [2.05, 4.69) is 11.8 Å². The zero-order valence-corrected chi connectivity index (χ0v) is 13.6. The van der Waals surface area contributed by atoms with Gasteiger partial charge in [-0.25, -0.2) is 16.8 Å². The molecule has 0 aliphatic heterocycles. The van der Waals surface area contributed by atoms with Gasteiger partial charge in [-0.1, -0.05) is 11.8 Å². The molecule has 0 aliphatic carbocycles. The first-order chi connectivity index (χ1) is 9.14. The Morgan fingerprint density at radius 1 is 1.35 bits per heavy atom. The van der Waals surface area contributed by atoms with Crippen molar-refractivity contribution in [1.29, 1.82) is 0 Å². The average Bonchev–Trinajstić information content (AvgIpc) is 2.70. The fraction of sp³-hybridized carbons (Fsp3) is 0.455. The molecule has 0 bridgehead atoms. The summed E-state index contributed by atoms with van der Waals surface area (Å²) in [5.41, 5.74) is 6.03. The largest absolute Gasteiger partial charge is 0.320 e. The Labute approximate surface area is 123 Å². The summed E-state index contributed by atoms with van der Waals surface area (Å²) in [6, 6.07) is 1.76. The monoisotopic (exact) mass is 336 g/mol. The van der Waals surface area contributed by atoms with Gasteiger partial charge in [-0.2, -0.15) is 4.31 Å². The first-order valence-electron chi connectivity index (χ1n) is 5.52.